The molecule has 100 valence electrons. The van der Waals surface area contributed by atoms with Gasteiger partial charge in [-0.1, -0.05) is 63.5 Å². The number of nitrogens with zero attached hydrogens (tertiary/aromatic N) is 1. The van der Waals surface area contributed by atoms with Crippen LogP contribution in [0.3, 0.4) is 0 Å². The van der Waals surface area contributed by atoms with Gasteiger partial charge in [-0.25, -0.2) is 0 Å². The normalized spacial score (nSPS) is 13.1. The van der Waals surface area contributed by atoms with Crippen LogP contribution < -0.4 is 0 Å². The summed E-state index contributed by atoms with van der Waals surface area (Å²) in [6, 6.07) is 10.3. The fraction of sp³-hybridized carbons (Fsp3) is 0.467. The van der Waals surface area contributed by atoms with Crippen LogP contribution in [0.25, 0.3) is 0 Å². The SMILES string of the molecule is C=CN(Cc1ccccc1)OC(CC)[Si](C)(C)C. The smallest absolute Gasteiger partial charge is 0.0819 e. The van der Waals surface area contributed by atoms with Gasteiger partial charge in [0.05, 0.1) is 20.3 Å². The Hall–Kier alpha value is -1.06. The lowest BCUT2D eigenvalue weighted by molar-refractivity contribution is -0.147. The van der Waals surface area contributed by atoms with Gasteiger partial charge in [0, 0.05) is 6.20 Å². The highest BCUT2D eigenvalue weighted by atomic mass is 28.3. The van der Waals surface area contributed by atoms with E-state index in [9.17, 15) is 0 Å². The summed E-state index contributed by atoms with van der Waals surface area (Å²) in [6.07, 6.45) is 2.82. The van der Waals surface area contributed by atoms with E-state index >= 15 is 0 Å². The second kappa shape index (κ2) is 6.76. The van der Waals surface area contributed by atoms with Crippen molar-refractivity contribution in [2.24, 2.45) is 0 Å². The maximum absolute atomic E-state index is 6.09. The summed E-state index contributed by atoms with van der Waals surface area (Å²) < 4.78 is 0. The van der Waals surface area contributed by atoms with Crippen LogP contribution in [0, 0.1) is 0 Å². The lowest BCUT2D eigenvalue weighted by Gasteiger charge is -2.32. The second-order valence-corrected chi connectivity index (χ2v) is 11.0. The van der Waals surface area contributed by atoms with E-state index in [1.807, 2.05) is 23.3 Å². The summed E-state index contributed by atoms with van der Waals surface area (Å²) >= 11 is 0. The van der Waals surface area contributed by atoms with Gasteiger partial charge in [0.15, 0.2) is 0 Å². The highest BCUT2D eigenvalue weighted by molar-refractivity contribution is 6.77. The van der Waals surface area contributed by atoms with Crippen molar-refractivity contribution in [1.29, 1.82) is 0 Å². The fourth-order valence-corrected chi connectivity index (χ4v) is 3.59. The van der Waals surface area contributed by atoms with Crippen LogP contribution in [0.15, 0.2) is 43.1 Å². The van der Waals surface area contributed by atoms with E-state index in [0.717, 1.165) is 13.0 Å². The van der Waals surface area contributed by atoms with E-state index in [4.69, 9.17) is 4.84 Å². The van der Waals surface area contributed by atoms with Gasteiger partial charge in [-0.05, 0) is 12.0 Å². The Labute approximate surface area is 112 Å². The molecule has 0 radical (unpaired) electrons. The number of hydroxylamine groups is 2. The van der Waals surface area contributed by atoms with Crippen LogP contribution in [-0.4, -0.2) is 18.9 Å². The third-order valence-corrected chi connectivity index (χ3v) is 5.43. The van der Waals surface area contributed by atoms with Crippen LogP contribution in [0.2, 0.25) is 19.6 Å². The van der Waals surface area contributed by atoms with E-state index < -0.39 is 8.07 Å². The van der Waals surface area contributed by atoms with Gasteiger partial charge in [-0.3, -0.25) is 9.90 Å². The molecule has 1 aromatic rings. The van der Waals surface area contributed by atoms with Crippen molar-refractivity contribution >= 4 is 8.07 Å². The molecule has 0 fully saturated rings. The van der Waals surface area contributed by atoms with Crippen LogP contribution in [0.1, 0.15) is 18.9 Å². The molecule has 0 aliphatic rings. The van der Waals surface area contributed by atoms with Crippen molar-refractivity contribution in [2.45, 2.75) is 45.3 Å². The van der Waals surface area contributed by atoms with Gasteiger partial charge in [0.1, 0.15) is 0 Å². The largest absolute Gasteiger partial charge is 0.274 e. The maximum atomic E-state index is 6.09. The molecule has 1 rings (SSSR count). The lowest BCUT2D eigenvalue weighted by Crippen LogP contribution is -2.43. The van der Waals surface area contributed by atoms with Gasteiger partial charge in [-0.15, -0.1) is 0 Å². The molecule has 2 nitrogen and oxygen atoms in total. The highest BCUT2D eigenvalue weighted by Gasteiger charge is 2.27. The van der Waals surface area contributed by atoms with Gasteiger partial charge in [0.2, 0.25) is 0 Å². The Bertz CT molecular complexity index is 359. The molecule has 0 saturated carbocycles. The summed E-state index contributed by atoms with van der Waals surface area (Å²) in [4.78, 5) is 6.09. The first-order valence-electron chi connectivity index (χ1n) is 6.57. The monoisotopic (exact) mass is 263 g/mol. The predicted octanol–water partition coefficient (Wildman–Crippen LogP) is 4.22. The quantitative estimate of drug-likeness (QED) is 0.539. The summed E-state index contributed by atoms with van der Waals surface area (Å²) in [5.74, 6) is 0. The Morgan fingerprint density at radius 2 is 1.89 bits per heavy atom. The molecule has 18 heavy (non-hydrogen) atoms. The number of hydrogen-bond acceptors (Lipinski definition) is 2. The molecule has 0 saturated heterocycles. The highest BCUT2D eigenvalue weighted by Crippen LogP contribution is 2.18. The minimum atomic E-state index is -1.29. The molecule has 0 spiro atoms. The van der Waals surface area contributed by atoms with Crippen LogP contribution in [0.5, 0.6) is 0 Å². The van der Waals surface area contributed by atoms with E-state index in [2.05, 4.69) is 45.3 Å². The van der Waals surface area contributed by atoms with Crippen molar-refractivity contribution in [3.8, 4) is 0 Å². The Kier molecular flexibility index (Phi) is 5.63. The van der Waals surface area contributed by atoms with E-state index in [1.165, 1.54) is 5.56 Å². The molecule has 0 aliphatic carbocycles. The molecule has 0 aliphatic heterocycles. The van der Waals surface area contributed by atoms with E-state index in [-0.39, 0.29) is 0 Å². The molecule has 0 amide bonds. The van der Waals surface area contributed by atoms with Crippen molar-refractivity contribution in [1.82, 2.24) is 5.06 Å². The number of hydrogen-bond donors (Lipinski definition) is 0. The van der Waals surface area contributed by atoms with Gasteiger partial charge in [0.25, 0.3) is 0 Å². The molecular formula is C15H25NOSi. The van der Waals surface area contributed by atoms with Crippen LogP contribution in [0.4, 0.5) is 0 Å². The van der Waals surface area contributed by atoms with E-state index in [0.29, 0.717) is 5.73 Å². The van der Waals surface area contributed by atoms with Crippen LogP contribution in [-0.2, 0) is 11.4 Å². The zero-order valence-electron chi connectivity index (χ0n) is 12.0. The summed E-state index contributed by atoms with van der Waals surface area (Å²) in [5, 5.41) is 1.86. The topological polar surface area (TPSA) is 12.5 Å². The second-order valence-electron chi connectivity index (χ2n) is 5.61. The summed E-state index contributed by atoms with van der Waals surface area (Å²) in [7, 11) is -1.29. The minimum absolute atomic E-state index is 0.333. The van der Waals surface area contributed by atoms with Crippen LogP contribution >= 0.6 is 0 Å². The number of benzene rings is 1. The molecule has 0 bridgehead atoms. The van der Waals surface area contributed by atoms with Crippen molar-refractivity contribution in [3.63, 3.8) is 0 Å². The zero-order chi connectivity index (χ0) is 13.6. The summed E-state index contributed by atoms with van der Waals surface area (Å²) in [5.41, 5.74) is 1.57. The number of rotatable bonds is 7. The molecule has 0 heterocycles. The fourth-order valence-electron chi connectivity index (χ4n) is 1.92. The van der Waals surface area contributed by atoms with Crippen molar-refractivity contribution in [2.75, 3.05) is 0 Å². The molecule has 1 unspecified atom stereocenters. The third kappa shape index (κ3) is 4.67. The molecule has 1 atom stereocenters. The third-order valence-electron chi connectivity index (χ3n) is 2.98. The zero-order valence-corrected chi connectivity index (χ0v) is 13.0. The van der Waals surface area contributed by atoms with Gasteiger partial charge < -0.3 is 0 Å². The van der Waals surface area contributed by atoms with Crippen molar-refractivity contribution < 1.29 is 4.84 Å². The maximum Gasteiger partial charge on any atom is 0.0819 e. The Balaban J connectivity index is 2.64. The van der Waals surface area contributed by atoms with Crippen molar-refractivity contribution in [3.05, 3.63) is 48.7 Å². The first-order valence-corrected chi connectivity index (χ1v) is 10.1. The average molecular weight is 263 g/mol. The predicted molar refractivity (Wildman–Crippen MR) is 80.7 cm³/mol. The standard InChI is InChI=1S/C15H25NOSi/c1-6-15(18(3,4)5)17-16(7-2)13-14-11-9-8-10-12-14/h7-12,15H,2,6,13H2,1,3-5H3. The molecular weight excluding hydrogens is 238 g/mol. The Morgan fingerprint density at radius 1 is 1.28 bits per heavy atom. The lowest BCUT2D eigenvalue weighted by atomic mass is 10.2. The molecule has 0 aromatic heterocycles. The van der Waals surface area contributed by atoms with Gasteiger partial charge in [-0.2, -0.15) is 0 Å². The average Bonchev–Trinajstić information content (AvgIpc) is 2.34. The molecule has 1 aromatic carbocycles. The molecule has 3 heteroatoms. The van der Waals surface area contributed by atoms with E-state index in [1.54, 1.807) is 6.20 Å². The molecule has 0 N–H and O–H groups in total. The summed E-state index contributed by atoms with van der Waals surface area (Å²) in [6.45, 7) is 13.8. The Morgan fingerprint density at radius 3 is 2.33 bits per heavy atom. The first-order chi connectivity index (χ1) is 8.47. The first kappa shape index (κ1) is 15.0. The van der Waals surface area contributed by atoms with Gasteiger partial charge >= 0.3 is 0 Å². The minimum Gasteiger partial charge on any atom is -0.274 e.